The Bertz CT molecular complexity index is 3390. The van der Waals surface area contributed by atoms with Crippen molar-refractivity contribution in [1.82, 2.24) is 0 Å². The summed E-state index contributed by atoms with van der Waals surface area (Å²) in [5, 5.41) is 13.0. The molecule has 13 rings (SSSR count). The maximum absolute atomic E-state index is 2.37. The van der Waals surface area contributed by atoms with E-state index in [0.29, 0.717) is 11.8 Å². The van der Waals surface area contributed by atoms with Crippen molar-refractivity contribution in [3.8, 4) is 33.4 Å². The molecule has 0 spiro atoms. The van der Waals surface area contributed by atoms with Gasteiger partial charge < -0.3 is 0 Å². The van der Waals surface area contributed by atoms with E-state index in [1.165, 1.54) is 121 Å². The summed E-state index contributed by atoms with van der Waals surface area (Å²) in [6, 6.07) is 56.9. The van der Waals surface area contributed by atoms with Gasteiger partial charge >= 0.3 is 0 Å². The van der Waals surface area contributed by atoms with Crippen molar-refractivity contribution in [2.24, 2.45) is 11.8 Å². The number of rotatable bonds is 4. The van der Waals surface area contributed by atoms with E-state index in [1.54, 1.807) is 0 Å². The van der Waals surface area contributed by atoms with Crippen molar-refractivity contribution in [3.05, 3.63) is 234 Å². The lowest BCUT2D eigenvalue weighted by Crippen LogP contribution is -2.29. The molecule has 0 heterocycles. The zero-order chi connectivity index (χ0) is 37.9. The Hall–Kier alpha value is -7.28. The van der Waals surface area contributed by atoms with Gasteiger partial charge in [0, 0.05) is 11.8 Å². The van der Waals surface area contributed by atoms with E-state index in [2.05, 4.69) is 206 Å². The predicted molar refractivity (Wildman–Crippen MR) is 247 cm³/mol. The number of benzene rings is 9. The first kappa shape index (κ1) is 31.9. The van der Waals surface area contributed by atoms with E-state index in [0.717, 1.165) is 0 Å². The average Bonchev–Trinajstić information content (AvgIpc) is 3.29. The highest BCUT2D eigenvalue weighted by Gasteiger charge is 2.38. The Kier molecular flexibility index (Phi) is 6.65. The largest absolute Gasteiger partial charge is 0.0617 e. The summed E-state index contributed by atoms with van der Waals surface area (Å²) in [5.41, 5.74) is 15.8. The van der Waals surface area contributed by atoms with E-state index < -0.39 is 0 Å². The van der Waals surface area contributed by atoms with Crippen LogP contribution >= 0.6 is 0 Å². The fraction of sp³-hybridized carbons (Fsp3) is 0.0345. The molecule has 4 aliphatic carbocycles. The minimum Gasteiger partial charge on any atom is -0.0617 e. The Morgan fingerprint density at radius 1 is 0.310 bits per heavy atom. The van der Waals surface area contributed by atoms with Crippen LogP contribution in [0.15, 0.2) is 229 Å². The molecule has 4 aliphatic rings. The summed E-state index contributed by atoms with van der Waals surface area (Å²) in [6.45, 7) is 0. The van der Waals surface area contributed by atoms with Gasteiger partial charge in [-0.15, -0.1) is 0 Å². The van der Waals surface area contributed by atoms with E-state index in [-0.39, 0.29) is 0 Å². The van der Waals surface area contributed by atoms with Crippen LogP contribution < -0.4 is 0 Å². The van der Waals surface area contributed by atoms with Crippen LogP contribution in [0.3, 0.4) is 0 Å². The van der Waals surface area contributed by atoms with Crippen LogP contribution in [-0.2, 0) is 0 Å². The zero-order valence-corrected chi connectivity index (χ0v) is 31.8. The third-order valence-electron chi connectivity index (χ3n) is 13.4. The Balaban J connectivity index is 0.919. The van der Waals surface area contributed by atoms with Crippen LogP contribution in [0.4, 0.5) is 0 Å². The molecule has 0 N–H and O–H groups in total. The van der Waals surface area contributed by atoms with Gasteiger partial charge in [0.15, 0.2) is 0 Å². The molecule has 0 aliphatic heterocycles. The Labute approximate surface area is 337 Å². The second kappa shape index (κ2) is 12.1. The number of hydrogen-bond donors (Lipinski definition) is 0. The molecule has 0 bridgehead atoms. The lowest BCUT2D eigenvalue weighted by atomic mass is 9.63. The van der Waals surface area contributed by atoms with Gasteiger partial charge in [-0.05, 0) is 121 Å². The van der Waals surface area contributed by atoms with Gasteiger partial charge in [0.25, 0.3) is 0 Å². The second-order valence-corrected chi connectivity index (χ2v) is 16.3. The molecule has 2 unspecified atom stereocenters. The lowest BCUT2D eigenvalue weighted by Gasteiger charge is -2.40. The molecule has 0 saturated carbocycles. The van der Waals surface area contributed by atoms with E-state index >= 15 is 0 Å². The Morgan fingerprint density at radius 2 is 0.828 bits per heavy atom. The molecular weight excluding hydrogens is 697 g/mol. The molecule has 9 aromatic carbocycles. The zero-order valence-electron chi connectivity index (χ0n) is 31.8. The van der Waals surface area contributed by atoms with Gasteiger partial charge in [-0.3, -0.25) is 0 Å². The maximum Gasteiger partial charge on any atom is 0.0205 e. The SMILES string of the molecule is C1=CC2=CC=C3C=CC(c4ccc(-c5c6ccccc6c(-c6ccc(-c7ccc8ccc9cccc%10ccc7c8c9%10)cc6)c6ccccc56)cc4)=C4C=CC(=C1)C2C34. The van der Waals surface area contributed by atoms with Gasteiger partial charge in [0.1, 0.15) is 0 Å². The predicted octanol–water partition coefficient (Wildman–Crippen LogP) is 15.4. The van der Waals surface area contributed by atoms with Crippen LogP contribution in [0, 0.1) is 11.8 Å². The highest BCUT2D eigenvalue weighted by Crippen LogP contribution is 2.51. The molecule has 268 valence electrons. The van der Waals surface area contributed by atoms with Crippen LogP contribution in [0.5, 0.6) is 0 Å². The molecule has 0 nitrogen and oxygen atoms in total. The number of fused-ring (bicyclic) bond motifs is 2. The van der Waals surface area contributed by atoms with Crippen LogP contribution in [-0.4, -0.2) is 0 Å². The lowest BCUT2D eigenvalue weighted by molar-refractivity contribution is 0.566. The highest BCUT2D eigenvalue weighted by molar-refractivity contribution is 6.26. The minimum atomic E-state index is 0.372. The molecule has 9 aromatic rings. The first-order chi connectivity index (χ1) is 28.8. The van der Waals surface area contributed by atoms with Crippen molar-refractivity contribution in [2.75, 3.05) is 0 Å². The van der Waals surface area contributed by atoms with Gasteiger partial charge in [-0.1, -0.05) is 206 Å². The standard InChI is InChI=1S/C58H36/c1-2-12-48-47(11-1)55(41-19-15-35(16-20-41)45-31-27-43-25-23-37-7-5-9-39-29-33-51(45)57(43)53(37)39)49-13-3-4-14-50(49)56(48)42-21-17-36(18-22-42)46-32-28-44-26-24-38-8-6-10-40-30-34-52(46)58(44)54(38)40/h1-34,53,57H. The molecule has 58 heavy (non-hydrogen) atoms. The maximum atomic E-state index is 2.37. The topological polar surface area (TPSA) is 0 Å². The summed E-state index contributed by atoms with van der Waals surface area (Å²) in [4.78, 5) is 0. The quantitative estimate of drug-likeness (QED) is 0.125. The molecule has 2 atom stereocenters. The van der Waals surface area contributed by atoms with Crippen molar-refractivity contribution in [2.45, 2.75) is 0 Å². The Morgan fingerprint density at radius 3 is 1.48 bits per heavy atom. The third-order valence-corrected chi connectivity index (χ3v) is 13.4. The third kappa shape index (κ3) is 4.52. The number of allylic oxidation sites excluding steroid dienone is 14. The fourth-order valence-electron chi connectivity index (χ4n) is 10.8. The number of hydrogen-bond acceptors (Lipinski definition) is 0. The molecule has 0 saturated heterocycles. The van der Waals surface area contributed by atoms with Crippen molar-refractivity contribution in [1.29, 1.82) is 0 Å². The van der Waals surface area contributed by atoms with Crippen molar-refractivity contribution < 1.29 is 0 Å². The smallest absolute Gasteiger partial charge is 0.0205 e. The van der Waals surface area contributed by atoms with Gasteiger partial charge in [-0.2, -0.15) is 0 Å². The summed E-state index contributed by atoms with van der Waals surface area (Å²) >= 11 is 0. The summed E-state index contributed by atoms with van der Waals surface area (Å²) in [6.07, 6.45) is 20.8. The molecule has 0 aromatic heterocycles. The van der Waals surface area contributed by atoms with Gasteiger partial charge in [0.2, 0.25) is 0 Å². The highest BCUT2D eigenvalue weighted by atomic mass is 14.4. The monoisotopic (exact) mass is 732 g/mol. The summed E-state index contributed by atoms with van der Waals surface area (Å²) < 4.78 is 0. The average molecular weight is 733 g/mol. The minimum absolute atomic E-state index is 0.372. The van der Waals surface area contributed by atoms with Crippen molar-refractivity contribution >= 4 is 59.4 Å². The molecule has 0 amide bonds. The van der Waals surface area contributed by atoms with E-state index in [9.17, 15) is 0 Å². The van der Waals surface area contributed by atoms with E-state index in [1.807, 2.05) is 0 Å². The molecule has 0 fully saturated rings. The van der Waals surface area contributed by atoms with Crippen LogP contribution in [0.25, 0.3) is 92.8 Å². The van der Waals surface area contributed by atoms with Gasteiger partial charge in [-0.25, -0.2) is 0 Å². The van der Waals surface area contributed by atoms with Gasteiger partial charge in [0.05, 0.1) is 0 Å². The van der Waals surface area contributed by atoms with E-state index in [4.69, 9.17) is 0 Å². The van der Waals surface area contributed by atoms with Crippen LogP contribution in [0.1, 0.15) is 5.56 Å². The normalized spacial score (nSPS) is 18.0. The molecular formula is C58H36. The van der Waals surface area contributed by atoms with Crippen molar-refractivity contribution in [3.63, 3.8) is 0 Å². The second-order valence-electron chi connectivity index (χ2n) is 16.3. The summed E-state index contributed by atoms with van der Waals surface area (Å²) in [5.74, 6) is 0.778. The first-order valence-corrected chi connectivity index (χ1v) is 20.5. The molecule has 0 radical (unpaired) electrons. The van der Waals surface area contributed by atoms with Crippen LogP contribution in [0.2, 0.25) is 0 Å². The fourth-order valence-corrected chi connectivity index (χ4v) is 10.8. The first-order valence-electron chi connectivity index (χ1n) is 20.5. The molecule has 0 heteroatoms. The summed E-state index contributed by atoms with van der Waals surface area (Å²) in [7, 11) is 0.